The van der Waals surface area contributed by atoms with Gasteiger partial charge in [-0.2, -0.15) is 0 Å². The average Bonchev–Trinajstić information content (AvgIpc) is 3.27. The van der Waals surface area contributed by atoms with Crippen molar-refractivity contribution in [1.82, 2.24) is 25.9 Å². The van der Waals surface area contributed by atoms with Crippen LogP contribution in [0.4, 0.5) is 0 Å². The molecule has 0 aliphatic heterocycles. The first-order valence-electron chi connectivity index (χ1n) is 10.7. The van der Waals surface area contributed by atoms with E-state index in [1.165, 1.54) is 12.5 Å². The van der Waals surface area contributed by atoms with Gasteiger partial charge in [-0.3, -0.25) is 19.2 Å². The van der Waals surface area contributed by atoms with Crippen molar-refractivity contribution in [2.24, 2.45) is 17.4 Å². The van der Waals surface area contributed by atoms with Gasteiger partial charge in [-0.1, -0.05) is 13.8 Å². The largest absolute Gasteiger partial charge is 0.480 e. The van der Waals surface area contributed by atoms with Crippen LogP contribution in [0.3, 0.4) is 0 Å². The molecular formula is C20H33N7O7. The second-order valence-corrected chi connectivity index (χ2v) is 8.23. The molecule has 0 bridgehead atoms. The van der Waals surface area contributed by atoms with Crippen LogP contribution < -0.4 is 27.4 Å². The number of nitrogens with zero attached hydrogens (tertiary/aromatic N) is 1. The quantitative estimate of drug-likeness (QED) is 0.127. The zero-order chi connectivity index (χ0) is 25.8. The Morgan fingerprint density at radius 1 is 1.03 bits per heavy atom. The Hall–Kier alpha value is -3.52. The van der Waals surface area contributed by atoms with Gasteiger partial charge in [0.05, 0.1) is 19.0 Å². The van der Waals surface area contributed by atoms with Crippen molar-refractivity contribution in [3.05, 3.63) is 18.2 Å². The number of aromatic nitrogens is 2. The van der Waals surface area contributed by atoms with Crippen LogP contribution in [0.5, 0.6) is 0 Å². The van der Waals surface area contributed by atoms with Crippen molar-refractivity contribution >= 4 is 29.6 Å². The van der Waals surface area contributed by atoms with E-state index in [0.29, 0.717) is 5.69 Å². The number of rotatable bonds is 15. The third-order valence-corrected chi connectivity index (χ3v) is 4.79. The molecule has 0 saturated carbocycles. The van der Waals surface area contributed by atoms with Crippen LogP contribution in [-0.4, -0.2) is 80.6 Å². The predicted molar refractivity (Wildman–Crippen MR) is 119 cm³/mol. The molecule has 14 heteroatoms. The molecule has 4 amide bonds. The monoisotopic (exact) mass is 483 g/mol. The molecular weight excluding hydrogens is 450 g/mol. The second kappa shape index (κ2) is 13.9. The van der Waals surface area contributed by atoms with Crippen LogP contribution >= 0.6 is 0 Å². The Morgan fingerprint density at radius 2 is 1.62 bits per heavy atom. The molecule has 0 aromatic carbocycles. The molecule has 0 radical (unpaired) electrons. The lowest BCUT2D eigenvalue weighted by molar-refractivity contribution is -0.142. The van der Waals surface area contributed by atoms with Crippen molar-refractivity contribution in [2.75, 3.05) is 6.61 Å². The Kier molecular flexibility index (Phi) is 11.7. The Morgan fingerprint density at radius 3 is 2.12 bits per heavy atom. The molecule has 1 aromatic heterocycles. The highest BCUT2D eigenvalue weighted by molar-refractivity contribution is 5.94. The van der Waals surface area contributed by atoms with E-state index in [0.717, 1.165) is 0 Å². The molecule has 0 fully saturated rings. The molecule has 190 valence electrons. The molecule has 14 nitrogen and oxygen atoms in total. The minimum atomic E-state index is -1.42. The number of aliphatic hydroxyl groups excluding tert-OH is 1. The van der Waals surface area contributed by atoms with Crippen LogP contribution in [0.2, 0.25) is 0 Å². The number of carboxylic acid groups (broad SMARTS) is 1. The van der Waals surface area contributed by atoms with Crippen molar-refractivity contribution < 1.29 is 34.2 Å². The van der Waals surface area contributed by atoms with E-state index in [2.05, 4.69) is 25.9 Å². The van der Waals surface area contributed by atoms with Gasteiger partial charge >= 0.3 is 5.97 Å². The number of imidazole rings is 1. The van der Waals surface area contributed by atoms with E-state index in [1.54, 1.807) is 13.8 Å². The standard InChI is InChI=1S/C20H33N7O7/c1-10(2)5-13(18(31)26-14(20(33)34)6-11-7-23-9-24-11)25-19(32)15(8-28)27-17(30)12(21)3-4-16(22)29/h7,9-10,12-15,28H,3-6,8,21H2,1-2H3,(H2,22,29)(H,23,24)(H,25,32)(H,26,31)(H,27,30)(H,33,34). The zero-order valence-corrected chi connectivity index (χ0v) is 19.1. The van der Waals surface area contributed by atoms with E-state index in [-0.39, 0.29) is 31.6 Å². The first kappa shape index (κ1) is 28.5. The van der Waals surface area contributed by atoms with Crippen LogP contribution in [0.15, 0.2) is 12.5 Å². The van der Waals surface area contributed by atoms with Crippen LogP contribution in [0, 0.1) is 5.92 Å². The number of H-pyrrole nitrogens is 1. The molecule has 4 atom stereocenters. The maximum Gasteiger partial charge on any atom is 0.326 e. The summed E-state index contributed by atoms with van der Waals surface area (Å²) in [5, 5.41) is 26.1. The number of aromatic amines is 1. The van der Waals surface area contributed by atoms with Gasteiger partial charge in [-0.15, -0.1) is 0 Å². The molecule has 1 heterocycles. The predicted octanol–water partition coefficient (Wildman–Crippen LogP) is -2.88. The van der Waals surface area contributed by atoms with E-state index in [9.17, 15) is 34.2 Å². The Bertz CT molecular complexity index is 844. The number of carbonyl (C=O) groups is 5. The third-order valence-electron chi connectivity index (χ3n) is 4.79. The highest BCUT2D eigenvalue weighted by atomic mass is 16.4. The summed E-state index contributed by atoms with van der Waals surface area (Å²) < 4.78 is 0. The fourth-order valence-electron chi connectivity index (χ4n) is 2.97. The number of amides is 4. The molecule has 0 saturated heterocycles. The zero-order valence-electron chi connectivity index (χ0n) is 19.1. The molecule has 4 unspecified atom stereocenters. The first-order chi connectivity index (χ1) is 15.9. The Labute approximate surface area is 196 Å². The van der Waals surface area contributed by atoms with Crippen LogP contribution in [0.1, 0.15) is 38.8 Å². The summed E-state index contributed by atoms with van der Waals surface area (Å²) >= 11 is 0. The number of hydrogen-bond donors (Lipinski definition) is 8. The summed E-state index contributed by atoms with van der Waals surface area (Å²) in [5.41, 5.74) is 11.2. The van der Waals surface area contributed by atoms with Gasteiger partial charge in [-0.05, 0) is 18.8 Å². The molecule has 0 aliphatic rings. The topological polar surface area (TPSA) is 243 Å². The average molecular weight is 484 g/mol. The lowest BCUT2D eigenvalue weighted by atomic mass is 10.0. The number of nitrogens with one attached hydrogen (secondary N) is 4. The maximum atomic E-state index is 12.8. The summed E-state index contributed by atoms with van der Waals surface area (Å²) in [6.07, 6.45) is 2.73. The first-order valence-corrected chi connectivity index (χ1v) is 10.7. The molecule has 1 rings (SSSR count). The smallest absolute Gasteiger partial charge is 0.326 e. The normalized spacial score (nSPS) is 14.5. The fourth-order valence-corrected chi connectivity index (χ4v) is 2.97. The number of carboxylic acids is 1. The summed E-state index contributed by atoms with van der Waals surface area (Å²) in [5.74, 6) is -4.37. The second-order valence-electron chi connectivity index (χ2n) is 8.23. The molecule has 10 N–H and O–H groups in total. The lowest BCUT2D eigenvalue weighted by Gasteiger charge is -2.25. The maximum absolute atomic E-state index is 12.8. The third kappa shape index (κ3) is 9.95. The van der Waals surface area contributed by atoms with E-state index in [1.807, 2.05) is 0 Å². The number of aliphatic hydroxyl groups is 1. The minimum Gasteiger partial charge on any atom is -0.480 e. The molecule has 0 aliphatic carbocycles. The molecule has 0 spiro atoms. The highest BCUT2D eigenvalue weighted by Crippen LogP contribution is 2.07. The van der Waals surface area contributed by atoms with Crippen LogP contribution in [0.25, 0.3) is 0 Å². The number of hydrogen-bond acceptors (Lipinski definition) is 8. The van der Waals surface area contributed by atoms with E-state index in [4.69, 9.17) is 11.5 Å². The molecule has 1 aromatic rings. The number of primary amides is 1. The number of carbonyl (C=O) groups excluding carboxylic acids is 4. The SMILES string of the molecule is CC(C)CC(NC(=O)C(CO)NC(=O)C(N)CCC(N)=O)C(=O)NC(Cc1cnc[nH]1)C(=O)O. The van der Waals surface area contributed by atoms with Gasteiger partial charge in [-0.25, -0.2) is 9.78 Å². The number of nitrogens with two attached hydrogens (primary N) is 2. The Balaban J connectivity index is 2.84. The van der Waals surface area contributed by atoms with Gasteiger partial charge in [0, 0.05) is 24.7 Å². The van der Waals surface area contributed by atoms with Gasteiger partial charge < -0.3 is 42.6 Å². The van der Waals surface area contributed by atoms with Crippen LogP contribution in [-0.2, 0) is 30.4 Å². The summed E-state index contributed by atoms with van der Waals surface area (Å²) in [7, 11) is 0. The summed E-state index contributed by atoms with van der Waals surface area (Å²) in [6.45, 7) is 2.82. The fraction of sp³-hybridized carbons (Fsp3) is 0.600. The van der Waals surface area contributed by atoms with E-state index < -0.39 is 60.4 Å². The van der Waals surface area contributed by atoms with Crippen molar-refractivity contribution in [3.63, 3.8) is 0 Å². The van der Waals surface area contributed by atoms with Gasteiger partial charge in [0.1, 0.15) is 18.1 Å². The minimum absolute atomic E-state index is 0.0494. The van der Waals surface area contributed by atoms with Gasteiger partial charge in [0.2, 0.25) is 23.6 Å². The van der Waals surface area contributed by atoms with Crippen molar-refractivity contribution in [2.45, 2.75) is 63.7 Å². The van der Waals surface area contributed by atoms with Crippen molar-refractivity contribution in [1.29, 1.82) is 0 Å². The van der Waals surface area contributed by atoms with E-state index >= 15 is 0 Å². The van der Waals surface area contributed by atoms with Gasteiger partial charge in [0.25, 0.3) is 0 Å². The van der Waals surface area contributed by atoms with Crippen molar-refractivity contribution in [3.8, 4) is 0 Å². The molecule has 34 heavy (non-hydrogen) atoms. The van der Waals surface area contributed by atoms with Gasteiger partial charge in [0.15, 0.2) is 0 Å². The highest BCUT2D eigenvalue weighted by Gasteiger charge is 2.30. The lowest BCUT2D eigenvalue weighted by Crippen LogP contribution is -2.58. The number of aliphatic carboxylic acids is 1. The summed E-state index contributed by atoms with van der Waals surface area (Å²) in [4.78, 5) is 66.7. The summed E-state index contributed by atoms with van der Waals surface area (Å²) in [6, 6.07) is -4.97.